The summed E-state index contributed by atoms with van der Waals surface area (Å²) in [4.78, 5) is 11.4. The normalized spacial score (nSPS) is 9.78. The number of carbonyl (C=O) groups excluding carboxylic acids is 1. The smallest absolute Gasteiger partial charge is 0.238 e. The molecule has 0 aliphatic heterocycles. The van der Waals surface area contributed by atoms with Gasteiger partial charge in [-0.15, -0.1) is 0 Å². The van der Waals surface area contributed by atoms with Gasteiger partial charge in [-0.3, -0.25) is 4.79 Å². The van der Waals surface area contributed by atoms with Gasteiger partial charge in [-0.05, 0) is 12.1 Å². The van der Waals surface area contributed by atoms with E-state index in [2.05, 4.69) is 5.32 Å². The van der Waals surface area contributed by atoms with Crippen LogP contribution in [0.5, 0.6) is 5.75 Å². The molecule has 2 aromatic rings. The first kappa shape index (κ1) is 11.9. The Labute approximate surface area is 105 Å². The van der Waals surface area contributed by atoms with Gasteiger partial charge in [0.1, 0.15) is 12.2 Å². The number of ether oxygens (including phenoxy) is 1. The molecule has 2 aromatic carbocycles. The molecule has 0 heterocycles. The van der Waals surface area contributed by atoms with Crippen molar-refractivity contribution in [2.24, 2.45) is 0 Å². The van der Waals surface area contributed by atoms with Gasteiger partial charge in [0.05, 0.1) is 13.2 Å². The number of nitrogens with zero attached hydrogens (tertiary/aromatic N) is 1. The van der Waals surface area contributed by atoms with Crippen LogP contribution < -0.4 is 10.1 Å². The van der Waals surface area contributed by atoms with Crippen molar-refractivity contribution < 1.29 is 9.53 Å². The molecule has 90 valence electrons. The van der Waals surface area contributed by atoms with Crippen LogP contribution in [0.3, 0.4) is 0 Å². The van der Waals surface area contributed by atoms with Crippen LogP contribution >= 0.6 is 0 Å². The molecule has 0 aliphatic rings. The standard InChI is InChI=1S/C14H12N2O2/c1-18-13-7-6-12(16-14(17)8-9-15)10-4-2-3-5-11(10)13/h2-7H,8H2,1H3,(H,16,17). The number of rotatable bonds is 3. The van der Waals surface area contributed by atoms with Gasteiger partial charge in [0.2, 0.25) is 5.91 Å². The average molecular weight is 240 g/mol. The number of fused-ring (bicyclic) bond motifs is 1. The van der Waals surface area contributed by atoms with E-state index in [4.69, 9.17) is 10.00 Å². The summed E-state index contributed by atoms with van der Waals surface area (Å²) in [5.74, 6) is 0.441. The van der Waals surface area contributed by atoms with Gasteiger partial charge >= 0.3 is 0 Å². The molecular formula is C14H12N2O2. The lowest BCUT2D eigenvalue weighted by molar-refractivity contribution is -0.115. The molecule has 2 rings (SSSR count). The fraction of sp³-hybridized carbons (Fsp3) is 0.143. The molecule has 1 amide bonds. The first-order valence-corrected chi connectivity index (χ1v) is 5.49. The molecule has 0 unspecified atom stereocenters. The van der Waals surface area contributed by atoms with E-state index in [0.717, 1.165) is 16.5 Å². The molecule has 4 nitrogen and oxygen atoms in total. The maximum atomic E-state index is 11.4. The number of hydrogen-bond donors (Lipinski definition) is 1. The predicted molar refractivity (Wildman–Crippen MR) is 69.4 cm³/mol. The maximum absolute atomic E-state index is 11.4. The zero-order valence-corrected chi connectivity index (χ0v) is 9.93. The van der Waals surface area contributed by atoms with Crippen molar-refractivity contribution in [2.45, 2.75) is 6.42 Å². The fourth-order valence-electron chi connectivity index (χ4n) is 1.82. The number of methoxy groups -OCH3 is 1. The Morgan fingerprint density at radius 3 is 2.67 bits per heavy atom. The summed E-state index contributed by atoms with van der Waals surface area (Å²) in [5, 5.41) is 13.0. The maximum Gasteiger partial charge on any atom is 0.238 e. The Morgan fingerprint density at radius 1 is 1.28 bits per heavy atom. The average Bonchev–Trinajstić information content (AvgIpc) is 2.39. The highest BCUT2D eigenvalue weighted by Crippen LogP contribution is 2.31. The molecule has 0 bridgehead atoms. The summed E-state index contributed by atoms with van der Waals surface area (Å²) >= 11 is 0. The highest BCUT2D eigenvalue weighted by molar-refractivity contribution is 6.04. The van der Waals surface area contributed by atoms with Gasteiger partial charge in [-0.25, -0.2) is 0 Å². The molecule has 0 radical (unpaired) electrons. The first-order chi connectivity index (χ1) is 8.76. The van der Waals surface area contributed by atoms with Crippen LogP contribution in [0, 0.1) is 11.3 Å². The van der Waals surface area contributed by atoms with E-state index in [9.17, 15) is 4.79 Å². The monoisotopic (exact) mass is 240 g/mol. The number of anilines is 1. The van der Waals surface area contributed by atoms with E-state index < -0.39 is 0 Å². The molecule has 0 saturated carbocycles. The van der Waals surface area contributed by atoms with Crippen molar-refractivity contribution in [2.75, 3.05) is 12.4 Å². The third-order valence-electron chi connectivity index (χ3n) is 2.62. The number of nitrogens with one attached hydrogen (secondary N) is 1. The van der Waals surface area contributed by atoms with Gasteiger partial charge in [0.15, 0.2) is 0 Å². The van der Waals surface area contributed by atoms with Crippen molar-refractivity contribution in [1.29, 1.82) is 5.26 Å². The Hall–Kier alpha value is -2.54. The Morgan fingerprint density at radius 2 is 2.00 bits per heavy atom. The fourth-order valence-corrected chi connectivity index (χ4v) is 1.82. The van der Waals surface area contributed by atoms with E-state index >= 15 is 0 Å². The van der Waals surface area contributed by atoms with E-state index in [1.807, 2.05) is 30.3 Å². The van der Waals surface area contributed by atoms with Crippen LogP contribution in [-0.4, -0.2) is 13.0 Å². The first-order valence-electron chi connectivity index (χ1n) is 5.49. The Balaban J connectivity index is 2.47. The van der Waals surface area contributed by atoms with Crippen LogP contribution in [0.1, 0.15) is 6.42 Å². The van der Waals surface area contributed by atoms with Crippen LogP contribution in [-0.2, 0) is 4.79 Å². The third kappa shape index (κ3) is 2.25. The molecule has 0 saturated heterocycles. The van der Waals surface area contributed by atoms with Crippen LogP contribution in [0.25, 0.3) is 10.8 Å². The molecular weight excluding hydrogens is 228 g/mol. The summed E-state index contributed by atoms with van der Waals surface area (Å²) in [7, 11) is 1.61. The Kier molecular flexibility index (Phi) is 3.44. The van der Waals surface area contributed by atoms with Gasteiger partial charge in [-0.1, -0.05) is 24.3 Å². The quantitative estimate of drug-likeness (QED) is 0.897. The van der Waals surface area contributed by atoms with Crippen molar-refractivity contribution in [3.05, 3.63) is 36.4 Å². The summed E-state index contributed by atoms with van der Waals surface area (Å²) in [6, 6.07) is 13.0. The van der Waals surface area contributed by atoms with E-state index in [1.165, 1.54) is 0 Å². The minimum absolute atomic E-state index is 0.152. The Bertz CT molecular complexity index is 629. The molecule has 0 spiro atoms. The zero-order valence-electron chi connectivity index (χ0n) is 9.93. The second-order valence-electron chi connectivity index (χ2n) is 3.74. The predicted octanol–water partition coefficient (Wildman–Crippen LogP) is 2.70. The molecule has 4 heteroatoms. The molecule has 0 atom stereocenters. The summed E-state index contributed by atoms with van der Waals surface area (Å²) in [6.07, 6.45) is -0.152. The van der Waals surface area contributed by atoms with Gasteiger partial charge in [-0.2, -0.15) is 5.26 Å². The third-order valence-corrected chi connectivity index (χ3v) is 2.62. The van der Waals surface area contributed by atoms with Gasteiger partial charge in [0, 0.05) is 16.5 Å². The lowest BCUT2D eigenvalue weighted by atomic mass is 10.1. The summed E-state index contributed by atoms with van der Waals surface area (Å²) in [5.41, 5.74) is 0.687. The van der Waals surface area contributed by atoms with Crippen molar-refractivity contribution in [1.82, 2.24) is 0 Å². The number of nitriles is 1. The number of hydrogen-bond acceptors (Lipinski definition) is 3. The minimum Gasteiger partial charge on any atom is -0.496 e. The molecule has 18 heavy (non-hydrogen) atoms. The second-order valence-corrected chi connectivity index (χ2v) is 3.74. The van der Waals surface area contributed by atoms with Gasteiger partial charge < -0.3 is 10.1 Å². The highest BCUT2D eigenvalue weighted by atomic mass is 16.5. The lowest BCUT2D eigenvalue weighted by Crippen LogP contribution is -2.10. The number of benzene rings is 2. The van der Waals surface area contributed by atoms with E-state index in [-0.39, 0.29) is 12.3 Å². The van der Waals surface area contributed by atoms with Crippen LogP contribution in [0.15, 0.2) is 36.4 Å². The van der Waals surface area contributed by atoms with Crippen molar-refractivity contribution in [3.8, 4) is 11.8 Å². The SMILES string of the molecule is COc1ccc(NC(=O)CC#N)c2ccccc12. The van der Waals surface area contributed by atoms with E-state index in [0.29, 0.717) is 5.69 Å². The largest absolute Gasteiger partial charge is 0.496 e. The highest BCUT2D eigenvalue weighted by Gasteiger charge is 2.08. The van der Waals surface area contributed by atoms with Crippen LogP contribution in [0.2, 0.25) is 0 Å². The molecule has 1 N–H and O–H groups in total. The number of carbonyl (C=O) groups is 1. The number of amides is 1. The molecule has 0 aromatic heterocycles. The van der Waals surface area contributed by atoms with Gasteiger partial charge in [0.25, 0.3) is 0 Å². The summed E-state index contributed by atoms with van der Waals surface area (Å²) in [6.45, 7) is 0. The zero-order chi connectivity index (χ0) is 13.0. The molecule has 0 aliphatic carbocycles. The van der Waals surface area contributed by atoms with Crippen molar-refractivity contribution >= 4 is 22.4 Å². The van der Waals surface area contributed by atoms with Crippen LogP contribution in [0.4, 0.5) is 5.69 Å². The molecule has 0 fully saturated rings. The second kappa shape index (κ2) is 5.19. The lowest BCUT2D eigenvalue weighted by Gasteiger charge is -2.10. The topological polar surface area (TPSA) is 62.1 Å². The summed E-state index contributed by atoms with van der Waals surface area (Å²) < 4.78 is 5.27. The van der Waals surface area contributed by atoms with E-state index in [1.54, 1.807) is 19.2 Å². The minimum atomic E-state index is -0.312. The van der Waals surface area contributed by atoms with Crippen molar-refractivity contribution in [3.63, 3.8) is 0 Å².